The third-order valence-electron chi connectivity index (χ3n) is 3.65. The van der Waals surface area contributed by atoms with E-state index in [2.05, 4.69) is 5.32 Å². The quantitative estimate of drug-likeness (QED) is 0.917. The molecule has 108 valence electrons. The molecular weight excluding hydrogens is 269 g/mol. The van der Waals surface area contributed by atoms with Crippen molar-refractivity contribution in [2.24, 2.45) is 0 Å². The smallest absolute Gasteiger partial charge is 0.265 e. The van der Waals surface area contributed by atoms with Crippen LogP contribution in [0.5, 0.6) is 5.75 Å². The number of hydrogen-bond donors (Lipinski definition) is 1. The lowest BCUT2D eigenvalue weighted by Gasteiger charge is -2.17. The number of carbonyl (C=O) groups is 1. The molecule has 3 rings (SSSR count). The molecule has 0 fully saturated rings. The summed E-state index contributed by atoms with van der Waals surface area (Å²) in [5, 5.41) is 2.89. The van der Waals surface area contributed by atoms with Crippen LogP contribution in [0.3, 0.4) is 0 Å². The van der Waals surface area contributed by atoms with Crippen LogP contribution in [0.4, 0.5) is 10.1 Å². The fraction of sp³-hybridized carbons (Fsp3) is 0.235. The van der Waals surface area contributed by atoms with Gasteiger partial charge in [-0.1, -0.05) is 18.2 Å². The van der Waals surface area contributed by atoms with Crippen molar-refractivity contribution >= 4 is 11.6 Å². The van der Waals surface area contributed by atoms with Gasteiger partial charge < -0.3 is 10.1 Å². The summed E-state index contributed by atoms with van der Waals surface area (Å²) in [7, 11) is 0. The van der Waals surface area contributed by atoms with E-state index in [0.29, 0.717) is 17.7 Å². The molecule has 2 aromatic rings. The summed E-state index contributed by atoms with van der Waals surface area (Å²) < 4.78 is 18.9. The van der Waals surface area contributed by atoms with Crippen LogP contribution in [0, 0.1) is 12.7 Å². The van der Waals surface area contributed by atoms with Gasteiger partial charge >= 0.3 is 0 Å². The topological polar surface area (TPSA) is 38.3 Å². The SMILES string of the molecule is Cc1cc(F)ccc1OC1CCc2ccccc2NC1=O. The molecule has 0 aromatic heterocycles. The van der Waals surface area contributed by atoms with Crippen LogP contribution in [-0.2, 0) is 11.2 Å². The molecular formula is C17H16FNO2. The van der Waals surface area contributed by atoms with E-state index in [9.17, 15) is 9.18 Å². The maximum Gasteiger partial charge on any atom is 0.265 e. The van der Waals surface area contributed by atoms with Crippen molar-refractivity contribution in [1.29, 1.82) is 0 Å². The second kappa shape index (κ2) is 5.56. The summed E-state index contributed by atoms with van der Waals surface area (Å²) >= 11 is 0. The van der Waals surface area contributed by atoms with Gasteiger partial charge in [0.25, 0.3) is 5.91 Å². The highest BCUT2D eigenvalue weighted by atomic mass is 19.1. The van der Waals surface area contributed by atoms with E-state index in [4.69, 9.17) is 4.74 Å². The number of carbonyl (C=O) groups excluding carboxylic acids is 1. The molecule has 3 nitrogen and oxygen atoms in total. The van der Waals surface area contributed by atoms with Crippen molar-refractivity contribution in [3.05, 3.63) is 59.4 Å². The number of ether oxygens (including phenoxy) is 1. The summed E-state index contributed by atoms with van der Waals surface area (Å²) in [6, 6.07) is 12.0. The summed E-state index contributed by atoms with van der Waals surface area (Å²) in [6.07, 6.45) is 0.793. The zero-order valence-electron chi connectivity index (χ0n) is 11.7. The fourth-order valence-corrected chi connectivity index (χ4v) is 2.50. The number of fused-ring (bicyclic) bond motifs is 1. The molecule has 0 spiro atoms. The Morgan fingerprint density at radius 2 is 2.05 bits per heavy atom. The standard InChI is InChI=1S/C17H16FNO2/c1-11-10-13(18)7-9-15(11)21-16-8-6-12-4-2-3-5-14(12)19-17(16)20/h2-5,7,9-10,16H,6,8H2,1H3,(H,19,20). The van der Waals surface area contributed by atoms with Crippen molar-refractivity contribution < 1.29 is 13.9 Å². The Labute approximate surface area is 122 Å². The number of halogens is 1. The maximum absolute atomic E-state index is 13.1. The van der Waals surface area contributed by atoms with Crippen molar-refractivity contribution in [3.8, 4) is 5.75 Å². The Morgan fingerprint density at radius 3 is 2.86 bits per heavy atom. The Bertz CT molecular complexity index is 684. The van der Waals surface area contributed by atoms with E-state index >= 15 is 0 Å². The predicted molar refractivity (Wildman–Crippen MR) is 78.9 cm³/mol. The first kappa shape index (κ1) is 13.6. The third-order valence-corrected chi connectivity index (χ3v) is 3.65. The Hall–Kier alpha value is -2.36. The molecule has 0 aliphatic carbocycles. The number of para-hydroxylation sites is 1. The first-order valence-electron chi connectivity index (χ1n) is 6.95. The van der Waals surface area contributed by atoms with E-state index in [1.54, 1.807) is 13.0 Å². The van der Waals surface area contributed by atoms with E-state index < -0.39 is 6.10 Å². The highest BCUT2D eigenvalue weighted by molar-refractivity contribution is 5.95. The lowest BCUT2D eigenvalue weighted by atomic mass is 10.1. The predicted octanol–water partition coefficient (Wildman–Crippen LogP) is 3.47. The summed E-state index contributed by atoms with van der Waals surface area (Å²) in [5.41, 5.74) is 2.63. The second-order valence-corrected chi connectivity index (χ2v) is 5.20. The van der Waals surface area contributed by atoms with E-state index in [0.717, 1.165) is 17.7 Å². The molecule has 0 bridgehead atoms. The van der Waals surface area contributed by atoms with E-state index in [-0.39, 0.29) is 11.7 Å². The molecule has 1 atom stereocenters. The number of anilines is 1. The Balaban J connectivity index is 1.80. The molecule has 1 heterocycles. The molecule has 1 N–H and O–H groups in total. The van der Waals surface area contributed by atoms with Crippen LogP contribution in [-0.4, -0.2) is 12.0 Å². The molecule has 1 unspecified atom stereocenters. The Kier molecular flexibility index (Phi) is 3.60. The highest BCUT2D eigenvalue weighted by Crippen LogP contribution is 2.26. The molecule has 1 aliphatic rings. The average Bonchev–Trinajstić information content (AvgIpc) is 2.61. The van der Waals surface area contributed by atoms with Gasteiger partial charge in [0.2, 0.25) is 0 Å². The minimum atomic E-state index is -0.568. The van der Waals surface area contributed by atoms with Gasteiger partial charge in [0, 0.05) is 5.69 Å². The maximum atomic E-state index is 13.1. The lowest BCUT2D eigenvalue weighted by Crippen LogP contribution is -2.32. The normalized spacial score (nSPS) is 17.6. The molecule has 4 heteroatoms. The lowest BCUT2D eigenvalue weighted by molar-refractivity contribution is -0.122. The molecule has 2 aromatic carbocycles. The van der Waals surface area contributed by atoms with E-state index in [1.165, 1.54) is 12.1 Å². The zero-order chi connectivity index (χ0) is 14.8. The van der Waals surface area contributed by atoms with Crippen LogP contribution < -0.4 is 10.1 Å². The van der Waals surface area contributed by atoms with Crippen molar-refractivity contribution in [2.75, 3.05) is 5.32 Å². The van der Waals surface area contributed by atoms with Gasteiger partial charge in [0.1, 0.15) is 11.6 Å². The zero-order valence-corrected chi connectivity index (χ0v) is 11.7. The molecule has 21 heavy (non-hydrogen) atoms. The van der Waals surface area contributed by atoms with Gasteiger partial charge in [-0.3, -0.25) is 4.79 Å². The van der Waals surface area contributed by atoms with Gasteiger partial charge in [0.05, 0.1) is 0 Å². The molecule has 0 saturated heterocycles. The van der Waals surface area contributed by atoms with Gasteiger partial charge in [-0.25, -0.2) is 4.39 Å². The van der Waals surface area contributed by atoms with Crippen LogP contribution in [0.2, 0.25) is 0 Å². The first-order valence-corrected chi connectivity index (χ1v) is 6.95. The third kappa shape index (κ3) is 2.89. The van der Waals surface area contributed by atoms with Crippen molar-refractivity contribution in [2.45, 2.75) is 25.9 Å². The van der Waals surface area contributed by atoms with Crippen LogP contribution >= 0.6 is 0 Å². The van der Waals surface area contributed by atoms with Crippen LogP contribution in [0.25, 0.3) is 0 Å². The van der Waals surface area contributed by atoms with Gasteiger partial charge in [0.15, 0.2) is 6.10 Å². The molecule has 1 aliphatic heterocycles. The van der Waals surface area contributed by atoms with Crippen LogP contribution in [0.1, 0.15) is 17.5 Å². The number of aryl methyl sites for hydroxylation is 2. The van der Waals surface area contributed by atoms with Crippen LogP contribution in [0.15, 0.2) is 42.5 Å². The first-order chi connectivity index (χ1) is 10.1. The number of hydrogen-bond acceptors (Lipinski definition) is 2. The molecule has 0 radical (unpaired) electrons. The summed E-state index contributed by atoms with van der Waals surface area (Å²) in [4.78, 5) is 12.2. The number of nitrogens with one attached hydrogen (secondary N) is 1. The van der Waals surface area contributed by atoms with Gasteiger partial charge in [-0.15, -0.1) is 0 Å². The second-order valence-electron chi connectivity index (χ2n) is 5.20. The number of benzene rings is 2. The molecule has 1 amide bonds. The largest absolute Gasteiger partial charge is 0.480 e. The fourth-order valence-electron chi connectivity index (χ4n) is 2.50. The van der Waals surface area contributed by atoms with Crippen molar-refractivity contribution in [1.82, 2.24) is 0 Å². The van der Waals surface area contributed by atoms with Gasteiger partial charge in [-0.2, -0.15) is 0 Å². The number of rotatable bonds is 2. The van der Waals surface area contributed by atoms with Crippen molar-refractivity contribution in [3.63, 3.8) is 0 Å². The Morgan fingerprint density at radius 1 is 1.24 bits per heavy atom. The van der Waals surface area contributed by atoms with Gasteiger partial charge in [-0.05, 0) is 55.2 Å². The average molecular weight is 285 g/mol. The monoisotopic (exact) mass is 285 g/mol. The molecule has 0 saturated carbocycles. The van der Waals surface area contributed by atoms with E-state index in [1.807, 2.05) is 24.3 Å². The number of amides is 1. The summed E-state index contributed by atoms with van der Waals surface area (Å²) in [5.74, 6) is 0.0729. The summed E-state index contributed by atoms with van der Waals surface area (Å²) in [6.45, 7) is 1.77. The minimum Gasteiger partial charge on any atom is -0.480 e. The highest BCUT2D eigenvalue weighted by Gasteiger charge is 2.25. The minimum absolute atomic E-state index is 0.163.